The van der Waals surface area contributed by atoms with E-state index in [-0.39, 0.29) is 12.3 Å². The maximum atomic E-state index is 10.5. The van der Waals surface area contributed by atoms with Crippen molar-refractivity contribution in [1.29, 1.82) is 0 Å². The summed E-state index contributed by atoms with van der Waals surface area (Å²) in [6.07, 6.45) is 0.859. The molecule has 0 radical (unpaired) electrons. The largest absolute Gasteiger partial charge is 0.480 e. The number of carbonyl (C=O) groups is 2. The Morgan fingerprint density at radius 3 is 2.55 bits per heavy atom. The molecule has 4 nitrogen and oxygen atoms in total. The van der Waals surface area contributed by atoms with Gasteiger partial charge in [0.25, 0.3) is 0 Å². The summed E-state index contributed by atoms with van der Waals surface area (Å²) < 4.78 is 0. The fourth-order valence-electron chi connectivity index (χ4n) is 0.600. The molecule has 2 unspecified atom stereocenters. The van der Waals surface area contributed by atoms with Gasteiger partial charge in [0.15, 0.2) is 0 Å². The molecule has 4 heteroatoms. The van der Waals surface area contributed by atoms with Crippen LogP contribution in [0.2, 0.25) is 0 Å². The van der Waals surface area contributed by atoms with Gasteiger partial charge in [-0.2, -0.15) is 0 Å². The lowest BCUT2D eigenvalue weighted by Crippen LogP contribution is -2.50. The van der Waals surface area contributed by atoms with Crippen LogP contribution >= 0.6 is 0 Å². The molecule has 0 bridgehead atoms. The summed E-state index contributed by atoms with van der Waals surface area (Å²) in [4.78, 5) is 20.5. The van der Waals surface area contributed by atoms with Gasteiger partial charge >= 0.3 is 5.97 Å². The van der Waals surface area contributed by atoms with Gasteiger partial charge in [-0.05, 0) is 12.8 Å². The van der Waals surface area contributed by atoms with E-state index in [0.717, 1.165) is 0 Å². The quantitative estimate of drug-likeness (QED) is 0.566. The Hall–Kier alpha value is -0.900. The van der Waals surface area contributed by atoms with Crippen molar-refractivity contribution in [3.8, 4) is 0 Å². The molecule has 64 valence electrons. The predicted octanol–water partition coefficient (Wildman–Crippen LogP) is 0.0135. The normalized spacial score (nSPS) is 18.5. The SMILES string of the molecule is CC(CC=O)C(C)(N)C(=O)O. The van der Waals surface area contributed by atoms with E-state index in [4.69, 9.17) is 10.8 Å². The molecule has 0 amide bonds. The number of carboxylic acid groups (broad SMARTS) is 1. The second-order valence-electron chi connectivity index (χ2n) is 2.89. The van der Waals surface area contributed by atoms with Crippen LogP contribution in [-0.4, -0.2) is 22.9 Å². The zero-order valence-corrected chi connectivity index (χ0v) is 6.70. The maximum Gasteiger partial charge on any atom is 0.323 e. The van der Waals surface area contributed by atoms with Crippen LogP contribution in [-0.2, 0) is 9.59 Å². The molecule has 2 atom stereocenters. The molecule has 0 saturated heterocycles. The summed E-state index contributed by atoms with van der Waals surface area (Å²) >= 11 is 0. The fraction of sp³-hybridized carbons (Fsp3) is 0.714. The van der Waals surface area contributed by atoms with Crippen LogP contribution in [0.4, 0.5) is 0 Å². The third kappa shape index (κ3) is 2.31. The van der Waals surface area contributed by atoms with Crippen molar-refractivity contribution in [3.63, 3.8) is 0 Å². The molecule has 0 aliphatic rings. The van der Waals surface area contributed by atoms with Crippen LogP contribution in [0.5, 0.6) is 0 Å². The van der Waals surface area contributed by atoms with Gasteiger partial charge < -0.3 is 15.6 Å². The summed E-state index contributed by atoms with van der Waals surface area (Å²) in [5.41, 5.74) is 4.13. The highest BCUT2D eigenvalue weighted by Gasteiger charge is 2.33. The van der Waals surface area contributed by atoms with Crippen LogP contribution in [0.25, 0.3) is 0 Å². The third-order valence-electron chi connectivity index (χ3n) is 1.93. The lowest BCUT2D eigenvalue weighted by Gasteiger charge is -2.25. The molecule has 0 aliphatic heterocycles. The molecular formula is C7H13NO3. The molecular weight excluding hydrogens is 146 g/mol. The molecule has 11 heavy (non-hydrogen) atoms. The van der Waals surface area contributed by atoms with Gasteiger partial charge in [-0.3, -0.25) is 4.79 Å². The number of aliphatic carboxylic acids is 1. The summed E-state index contributed by atoms with van der Waals surface area (Å²) in [6, 6.07) is 0. The van der Waals surface area contributed by atoms with Gasteiger partial charge in [-0.25, -0.2) is 0 Å². The zero-order chi connectivity index (χ0) is 9.07. The van der Waals surface area contributed by atoms with Gasteiger partial charge in [-0.15, -0.1) is 0 Å². The number of rotatable bonds is 4. The third-order valence-corrected chi connectivity index (χ3v) is 1.93. The van der Waals surface area contributed by atoms with Crippen LogP contribution < -0.4 is 5.73 Å². The van der Waals surface area contributed by atoms with E-state index in [9.17, 15) is 9.59 Å². The molecule has 0 aliphatic carbocycles. The van der Waals surface area contributed by atoms with Gasteiger partial charge in [0.2, 0.25) is 0 Å². The monoisotopic (exact) mass is 159 g/mol. The van der Waals surface area contributed by atoms with Crippen LogP contribution in [0.15, 0.2) is 0 Å². The van der Waals surface area contributed by atoms with E-state index >= 15 is 0 Å². The average Bonchev–Trinajstić information content (AvgIpc) is 1.88. The van der Waals surface area contributed by atoms with Gasteiger partial charge in [0.05, 0.1) is 0 Å². The molecule has 0 aromatic heterocycles. The second-order valence-corrected chi connectivity index (χ2v) is 2.89. The van der Waals surface area contributed by atoms with Gasteiger partial charge in [-0.1, -0.05) is 6.92 Å². The smallest absolute Gasteiger partial charge is 0.323 e. The topological polar surface area (TPSA) is 80.4 Å². The number of nitrogens with two attached hydrogens (primary N) is 1. The molecule has 0 aromatic carbocycles. The van der Waals surface area contributed by atoms with Crippen LogP contribution in [0.1, 0.15) is 20.3 Å². The highest BCUT2D eigenvalue weighted by atomic mass is 16.4. The summed E-state index contributed by atoms with van der Waals surface area (Å²) in [5.74, 6) is -1.41. The first-order valence-electron chi connectivity index (χ1n) is 3.38. The highest BCUT2D eigenvalue weighted by Crippen LogP contribution is 2.16. The van der Waals surface area contributed by atoms with E-state index < -0.39 is 11.5 Å². The molecule has 0 rings (SSSR count). The lowest BCUT2D eigenvalue weighted by molar-refractivity contribution is -0.144. The standard InChI is InChI=1S/C7H13NO3/c1-5(3-4-9)7(2,8)6(10)11/h4-5H,3,8H2,1-2H3,(H,10,11). The maximum absolute atomic E-state index is 10.5. The zero-order valence-electron chi connectivity index (χ0n) is 6.70. The average molecular weight is 159 g/mol. The van der Waals surface area contributed by atoms with Crippen molar-refractivity contribution in [2.75, 3.05) is 0 Å². The molecule has 0 aromatic rings. The van der Waals surface area contributed by atoms with Crippen molar-refractivity contribution < 1.29 is 14.7 Å². The Morgan fingerprint density at radius 1 is 1.82 bits per heavy atom. The Bertz CT molecular complexity index is 165. The number of aldehydes is 1. The minimum Gasteiger partial charge on any atom is -0.480 e. The first-order valence-corrected chi connectivity index (χ1v) is 3.38. The predicted molar refractivity (Wildman–Crippen MR) is 40.1 cm³/mol. The van der Waals surface area contributed by atoms with Crippen molar-refractivity contribution >= 4 is 12.3 Å². The van der Waals surface area contributed by atoms with Crippen molar-refractivity contribution in [2.24, 2.45) is 11.7 Å². The molecule has 3 N–H and O–H groups in total. The van der Waals surface area contributed by atoms with E-state index in [1.807, 2.05) is 0 Å². The Balaban J connectivity index is 4.28. The highest BCUT2D eigenvalue weighted by molar-refractivity contribution is 5.78. The Labute approximate surface area is 65.4 Å². The molecule has 0 heterocycles. The number of carbonyl (C=O) groups excluding carboxylic acids is 1. The molecule has 0 fully saturated rings. The molecule has 0 spiro atoms. The minimum absolute atomic E-state index is 0.180. The summed E-state index contributed by atoms with van der Waals surface area (Å²) in [5, 5.41) is 8.60. The van der Waals surface area contributed by atoms with Crippen LogP contribution in [0, 0.1) is 5.92 Å². The fourth-order valence-corrected chi connectivity index (χ4v) is 0.600. The van der Waals surface area contributed by atoms with Crippen LogP contribution in [0.3, 0.4) is 0 Å². The Kier molecular flexibility index (Phi) is 3.19. The van der Waals surface area contributed by atoms with E-state index in [2.05, 4.69) is 0 Å². The number of carboxylic acids is 1. The lowest BCUT2D eigenvalue weighted by atomic mass is 9.86. The van der Waals surface area contributed by atoms with Gasteiger partial charge in [0.1, 0.15) is 11.8 Å². The van der Waals surface area contributed by atoms with Crippen molar-refractivity contribution in [2.45, 2.75) is 25.8 Å². The van der Waals surface area contributed by atoms with E-state index in [1.54, 1.807) is 6.92 Å². The van der Waals surface area contributed by atoms with Gasteiger partial charge in [0, 0.05) is 6.42 Å². The van der Waals surface area contributed by atoms with E-state index in [0.29, 0.717) is 6.29 Å². The van der Waals surface area contributed by atoms with E-state index in [1.165, 1.54) is 6.92 Å². The van der Waals surface area contributed by atoms with Crippen molar-refractivity contribution in [3.05, 3.63) is 0 Å². The second kappa shape index (κ2) is 3.48. The minimum atomic E-state index is -1.30. The first kappa shape index (κ1) is 10.1. The number of hydrogen-bond acceptors (Lipinski definition) is 3. The summed E-state index contributed by atoms with van der Waals surface area (Å²) in [7, 11) is 0. The first-order chi connectivity index (χ1) is 4.92. The Morgan fingerprint density at radius 2 is 2.27 bits per heavy atom. The summed E-state index contributed by atoms with van der Waals surface area (Å²) in [6.45, 7) is 3.05. The van der Waals surface area contributed by atoms with Crippen molar-refractivity contribution in [1.82, 2.24) is 0 Å². The molecule has 0 saturated carbocycles. The number of hydrogen-bond donors (Lipinski definition) is 2.